The maximum Gasteiger partial charge on any atom is 0.309 e. The zero-order valence-corrected chi connectivity index (χ0v) is 10.2. The molecule has 0 radical (unpaired) electrons. The van der Waals surface area contributed by atoms with Crippen molar-refractivity contribution in [1.29, 1.82) is 0 Å². The number of rotatable bonds is 5. The summed E-state index contributed by atoms with van der Waals surface area (Å²) in [6, 6.07) is 13.7. The Morgan fingerprint density at radius 2 is 1.84 bits per heavy atom. The standard InChI is InChI=1S/C14H13NO4/c16-13-8-4-7-12(9-14(17)18)15(13)19-10-11-5-2-1-3-6-11/h1-8H,9-10H2,(H,17,18). The van der Waals surface area contributed by atoms with Crippen molar-refractivity contribution in [3.8, 4) is 0 Å². The molecule has 0 atom stereocenters. The normalized spacial score (nSPS) is 10.1. The van der Waals surface area contributed by atoms with Crippen LogP contribution in [-0.4, -0.2) is 15.8 Å². The minimum Gasteiger partial charge on any atom is -0.481 e. The summed E-state index contributed by atoms with van der Waals surface area (Å²) in [6.07, 6.45) is -0.259. The number of hydrogen-bond acceptors (Lipinski definition) is 3. The molecular weight excluding hydrogens is 246 g/mol. The van der Waals surface area contributed by atoms with Gasteiger partial charge in [-0.2, -0.15) is 0 Å². The molecule has 0 aliphatic rings. The van der Waals surface area contributed by atoms with Crippen molar-refractivity contribution in [2.45, 2.75) is 13.0 Å². The maximum atomic E-state index is 11.7. The smallest absolute Gasteiger partial charge is 0.309 e. The third-order valence-electron chi connectivity index (χ3n) is 2.52. The largest absolute Gasteiger partial charge is 0.481 e. The molecule has 0 saturated heterocycles. The number of carbonyl (C=O) groups is 1. The number of carboxylic acid groups (broad SMARTS) is 1. The summed E-state index contributed by atoms with van der Waals surface area (Å²) in [5, 5.41) is 8.80. The Morgan fingerprint density at radius 3 is 2.53 bits per heavy atom. The minimum absolute atomic E-state index is 0.206. The van der Waals surface area contributed by atoms with E-state index in [1.54, 1.807) is 6.07 Å². The lowest BCUT2D eigenvalue weighted by Gasteiger charge is -2.12. The van der Waals surface area contributed by atoms with Gasteiger partial charge in [0.25, 0.3) is 5.56 Å². The first-order chi connectivity index (χ1) is 9.16. The molecule has 0 amide bonds. The van der Waals surface area contributed by atoms with Crippen LogP contribution in [-0.2, 0) is 17.8 Å². The Balaban J connectivity index is 2.19. The highest BCUT2D eigenvalue weighted by Crippen LogP contribution is 2.01. The molecule has 19 heavy (non-hydrogen) atoms. The molecular formula is C14H13NO4. The van der Waals surface area contributed by atoms with Crippen molar-refractivity contribution < 1.29 is 14.7 Å². The van der Waals surface area contributed by atoms with Gasteiger partial charge >= 0.3 is 5.97 Å². The number of carboxylic acids is 1. The van der Waals surface area contributed by atoms with E-state index in [2.05, 4.69) is 0 Å². The highest BCUT2D eigenvalue weighted by molar-refractivity contribution is 5.69. The molecule has 1 heterocycles. The molecule has 0 unspecified atom stereocenters. The van der Waals surface area contributed by atoms with Gasteiger partial charge in [0.05, 0.1) is 12.1 Å². The second-order valence-corrected chi connectivity index (χ2v) is 3.98. The molecule has 5 nitrogen and oxygen atoms in total. The van der Waals surface area contributed by atoms with Gasteiger partial charge in [0.2, 0.25) is 0 Å². The zero-order chi connectivity index (χ0) is 13.7. The van der Waals surface area contributed by atoms with Gasteiger partial charge in [0, 0.05) is 6.07 Å². The van der Waals surface area contributed by atoms with E-state index in [-0.39, 0.29) is 18.6 Å². The van der Waals surface area contributed by atoms with E-state index in [0.717, 1.165) is 10.3 Å². The van der Waals surface area contributed by atoms with Crippen LogP contribution in [0.2, 0.25) is 0 Å². The molecule has 2 aromatic rings. The van der Waals surface area contributed by atoms with Crippen LogP contribution in [0.4, 0.5) is 0 Å². The van der Waals surface area contributed by atoms with Crippen molar-refractivity contribution in [3.63, 3.8) is 0 Å². The fourth-order valence-electron chi connectivity index (χ4n) is 1.66. The molecule has 0 bridgehead atoms. The lowest BCUT2D eigenvalue weighted by Crippen LogP contribution is -2.29. The molecule has 98 valence electrons. The van der Waals surface area contributed by atoms with E-state index in [1.807, 2.05) is 30.3 Å². The third-order valence-corrected chi connectivity index (χ3v) is 2.52. The summed E-state index contributed by atoms with van der Waals surface area (Å²) in [7, 11) is 0. The van der Waals surface area contributed by atoms with Crippen LogP contribution >= 0.6 is 0 Å². The van der Waals surface area contributed by atoms with E-state index in [9.17, 15) is 9.59 Å². The predicted octanol–water partition coefficient (Wildman–Crippen LogP) is 1.10. The van der Waals surface area contributed by atoms with E-state index in [0.29, 0.717) is 5.69 Å². The molecule has 1 aromatic heterocycles. The number of hydrogen-bond donors (Lipinski definition) is 1. The van der Waals surface area contributed by atoms with Crippen molar-refractivity contribution in [3.05, 3.63) is 70.1 Å². The SMILES string of the molecule is O=C(O)Cc1cccc(=O)n1OCc1ccccc1. The van der Waals surface area contributed by atoms with E-state index < -0.39 is 5.97 Å². The molecule has 1 aromatic carbocycles. The predicted molar refractivity (Wildman–Crippen MR) is 68.8 cm³/mol. The quantitative estimate of drug-likeness (QED) is 0.873. The first-order valence-electron chi connectivity index (χ1n) is 5.77. The average molecular weight is 259 g/mol. The molecule has 0 aliphatic carbocycles. The summed E-state index contributed by atoms with van der Waals surface area (Å²) in [5.74, 6) is -1.01. The number of nitrogens with zero attached hydrogens (tertiary/aromatic N) is 1. The second-order valence-electron chi connectivity index (χ2n) is 3.98. The van der Waals surface area contributed by atoms with Crippen LogP contribution in [0.25, 0.3) is 0 Å². The fourth-order valence-corrected chi connectivity index (χ4v) is 1.66. The van der Waals surface area contributed by atoms with E-state index in [1.165, 1.54) is 12.1 Å². The van der Waals surface area contributed by atoms with Crippen molar-refractivity contribution in [1.82, 2.24) is 4.73 Å². The third kappa shape index (κ3) is 3.45. The lowest BCUT2D eigenvalue weighted by molar-refractivity contribution is -0.136. The summed E-state index contributed by atoms with van der Waals surface area (Å²) in [6.45, 7) is 0.206. The van der Waals surface area contributed by atoms with Gasteiger partial charge in [-0.05, 0) is 11.6 Å². The van der Waals surface area contributed by atoms with Gasteiger partial charge in [-0.15, -0.1) is 4.73 Å². The summed E-state index contributed by atoms with van der Waals surface area (Å²) >= 11 is 0. The van der Waals surface area contributed by atoms with Crippen LogP contribution in [0.1, 0.15) is 11.3 Å². The van der Waals surface area contributed by atoms with Gasteiger partial charge in [0.1, 0.15) is 6.61 Å². The Kier molecular flexibility index (Phi) is 3.97. The average Bonchev–Trinajstić information content (AvgIpc) is 2.38. The van der Waals surface area contributed by atoms with Crippen LogP contribution in [0, 0.1) is 0 Å². The summed E-state index contributed by atoms with van der Waals surface area (Å²) in [5.41, 5.74) is 0.838. The first kappa shape index (κ1) is 12.9. The number of aromatic nitrogens is 1. The van der Waals surface area contributed by atoms with Crippen LogP contribution in [0.5, 0.6) is 0 Å². The zero-order valence-electron chi connectivity index (χ0n) is 10.2. The Labute approximate surface area is 109 Å². The lowest BCUT2D eigenvalue weighted by atomic mass is 10.2. The minimum atomic E-state index is -1.01. The van der Waals surface area contributed by atoms with E-state index >= 15 is 0 Å². The highest BCUT2D eigenvalue weighted by Gasteiger charge is 2.08. The topological polar surface area (TPSA) is 68.5 Å². The second kappa shape index (κ2) is 5.86. The summed E-state index contributed by atoms with van der Waals surface area (Å²) in [4.78, 5) is 27.8. The molecule has 1 N–H and O–H groups in total. The van der Waals surface area contributed by atoms with Crippen molar-refractivity contribution >= 4 is 5.97 Å². The number of aliphatic carboxylic acids is 1. The van der Waals surface area contributed by atoms with Crippen LogP contribution in [0.3, 0.4) is 0 Å². The maximum absolute atomic E-state index is 11.7. The van der Waals surface area contributed by atoms with Gasteiger partial charge in [-0.3, -0.25) is 9.59 Å². The molecule has 2 rings (SSSR count). The van der Waals surface area contributed by atoms with Crippen molar-refractivity contribution in [2.75, 3.05) is 0 Å². The highest BCUT2D eigenvalue weighted by atomic mass is 16.7. The van der Waals surface area contributed by atoms with Gasteiger partial charge in [-0.25, -0.2) is 0 Å². The Morgan fingerprint density at radius 1 is 1.11 bits per heavy atom. The molecule has 0 saturated carbocycles. The van der Waals surface area contributed by atoms with Gasteiger partial charge in [0.15, 0.2) is 0 Å². The molecule has 0 spiro atoms. The van der Waals surface area contributed by atoms with Gasteiger partial charge < -0.3 is 9.94 Å². The van der Waals surface area contributed by atoms with E-state index in [4.69, 9.17) is 9.94 Å². The Bertz CT molecular complexity index is 619. The summed E-state index contributed by atoms with van der Waals surface area (Å²) < 4.78 is 1.03. The van der Waals surface area contributed by atoms with Gasteiger partial charge in [-0.1, -0.05) is 36.4 Å². The Hall–Kier alpha value is -2.56. The molecule has 5 heteroatoms. The number of benzene rings is 1. The number of pyridine rings is 1. The monoisotopic (exact) mass is 259 g/mol. The fraction of sp³-hybridized carbons (Fsp3) is 0.143. The van der Waals surface area contributed by atoms with Crippen LogP contribution in [0.15, 0.2) is 53.3 Å². The molecule has 0 fully saturated rings. The first-order valence-corrected chi connectivity index (χ1v) is 5.77. The van der Waals surface area contributed by atoms with Crippen LogP contribution < -0.4 is 10.4 Å². The van der Waals surface area contributed by atoms with Crippen molar-refractivity contribution in [2.24, 2.45) is 0 Å². The molecule has 0 aliphatic heterocycles.